The number of carbonyl (C=O) groups is 1. The standard InChI is InChI=1S/C30H27F4NO2/c31-23-14-12-22(13-15-23)28(36)27(18-20-7-4-6-19(16-20)17-26(32)29(33)34)35-30(37)25-11-5-9-21-8-2-1-3-10-24(21)25/h3-7,9-17,27-29,36H,1-2,8,18H2,(H,35,37). The van der Waals surface area contributed by atoms with E-state index in [1.54, 1.807) is 18.2 Å². The molecule has 2 unspecified atom stereocenters. The molecule has 1 amide bonds. The summed E-state index contributed by atoms with van der Waals surface area (Å²) in [5.74, 6) is -2.39. The lowest BCUT2D eigenvalue weighted by Gasteiger charge is -2.25. The van der Waals surface area contributed by atoms with E-state index >= 15 is 0 Å². The van der Waals surface area contributed by atoms with Crippen LogP contribution in [0.15, 0.2) is 78.6 Å². The molecule has 4 rings (SSSR count). The Balaban J connectivity index is 1.65. The number of fused-ring (bicyclic) bond motifs is 1. The van der Waals surface area contributed by atoms with Crippen molar-refractivity contribution in [3.63, 3.8) is 0 Å². The topological polar surface area (TPSA) is 49.3 Å². The van der Waals surface area contributed by atoms with Crippen molar-refractivity contribution >= 4 is 18.1 Å². The van der Waals surface area contributed by atoms with Crippen LogP contribution in [0.3, 0.4) is 0 Å². The van der Waals surface area contributed by atoms with Gasteiger partial charge < -0.3 is 10.4 Å². The number of amides is 1. The largest absolute Gasteiger partial charge is 0.386 e. The maximum absolute atomic E-state index is 13.5. The second-order valence-electron chi connectivity index (χ2n) is 9.03. The summed E-state index contributed by atoms with van der Waals surface area (Å²) in [6.45, 7) is 0. The van der Waals surface area contributed by atoms with Gasteiger partial charge in [0.1, 0.15) is 5.82 Å². The predicted octanol–water partition coefficient (Wildman–Crippen LogP) is 6.83. The third kappa shape index (κ3) is 6.74. The Kier molecular flexibility index (Phi) is 8.56. The van der Waals surface area contributed by atoms with Crippen LogP contribution < -0.4 is 5.32 Å². The summed E-state index contributed by atoms with van der Waals surface area (Å²) >= 11 is 0. The van der Waals surface area contributed by atoms with E-state index < -0.39 is 30.2 Å². The minimum absolute atomic E-state index is 0.118. The molecule has 7 heteroatoms. The van der Waals surface area contributed by atoms with Crippen LogP contribution in [0.4, 0.5) is 17.6 Å². The average Bonchev–Trinajstić information content (AvgIpc) is 3.14. The number of carbonyl (C=O) groups excluding carboxylic acids is 1. The first-order valence-electron chi connectivity index (χ1n) is 12.1. The monoisotopic (exact) mass is 509 g/mol. The molecule has 2 N–H and O–H groups in total. The number of hydrogen-bond donors (Lipinski definition) is 2. The molecule has 3 nitrogen and oxygen atoms in total. The first-order valence-corrected chi connectivity index (χ1v) is 12.1. The van der Waals surface area contributed by atoms with E-state index in [-0.39, 0.29) is 17.9 Å². The maximum atomic E-state index is 13.5. The van der Waals surface area contributed by atoms with Crippen LogP contribution in [0.1, 0.15) is 57.1 Å². The highest BCUT2D eigenvalue weighted by Crippen LogP contribution is 2.25. The minimum Gasteiger partial charge on any atom is -0.386 e. The van der Waals surface area contributed by atoms with Crippen molar-refractivity contribution in [3.05, 3.63) is 118 Å². The van der Waals surface area contributed by atoms with E-state index in [0.717, 1.165) is 36.5 Å². The zero-order chi connectivity index (χ0) is 26.4. The Bertz CT molecular complexity index is 1300. The lowest BCUT2D eigenvalue weighted by Crippen LogP contribution is -2.41. The molecule has 0 saturated heterocycles. The molecule has 3 aromatic carbocycles. The Labute approximate surface area is 213 Å². The number of benzene rings is 3. The Hall–Kier alpha value is -3.71. The molecule has 2 atom stereocenters. The van der Waals surface area contributed by atoms with Gasteiger partial charge in [-0.15, -0.1) is 0 Å². The summed E-state index contributed by atoms with van der Waals surface area (Å²) in [5.41, 5.74) is 3.60. The van der Waals surface area contributed by atoms with Gasteiger partial charge in [0.2, 0.25) is 0 Å². The molecule has 37 heavy (non-hydrogen) atoms. The minimum atomic E-state index is -3.22. The highest BCUT2D eigenvalue weighted by atomic mass is 19.3. The van der Waals surface area contributed by atoms with E-state index in [9.17, 15) is 27.5 Å². The Morgan fingerprint density at radius 2 is 1.81 bits per heavy atom. The molecule has 1 aliphatic rings. The van der Waals surface area contributed by atoms with Crippen molar-refractivity contribution < 1.29 is 27.5 Å². The Morgan fingerprint density at radius 1 is 1.05 bits per heavy atom. The van der Waals surface area contributed by atoms with Gasteiger partial charge in [-0.05, 0) is 77.8 Å². The SMILES string of the molecule is O=C(NC(Cc1cccc(C=C(F)C(F)F)c1)C(O)c1ccc(F)cc1)c1cccc2c1C=CCCC2. The number of hydrogen-bond acceptors (Lipinski definition) is 2. The maximum Gasteiger partial charge on any atom is 0.289 e. The van der Waals surface area contributed by atoms with E-state index in [4.69, 9.17) is 0 Å². The summed E-state index contributed by atoms with van der Waals surface area (Å²) in [6, 6.07) is 16.3. The second-order valence-corrected chi connectivity index (χ2v) is 9.03. The summed E-state index contributed by atoms with van der Waals surface area (Å²) in [7, 11) is 0. The van der Waals surface area contributed by atoms with Crippen LogP contribution in [0.25, 0.3) is 12.2 Å². The van der Waals surface area contributed by atoms with Crippen molar-refractivity contribution in [1.29, 1.82) is 0 Å². The van der Waals surface area contributed by atoms with Gasteiger partial charge >= 0.3 is 0 Å². The highest BCUT2D eigenvalue weighted by molar-refractivity contribution is 5.98. The summed E-state index contributed by atoms with van der Waals surface area (Å²) in [6.07, 6.45) is 3.18. The molecule has 0 spiro atoms. The lowest BCUT2D eigenvalue weighted by molar-refractivity contribution is 0.0832. The summed E-state index contributed by atoms with van der Waals surface area (Å²) < 4.78 is 52.3. The molecule has 0 fully saturated rings. The number of rotatable bonds is 8. The van der Waals surface area contributed by atoms with Gasteiger partial charge in [-0.2, -0.15) is 0 Å². The molecule has 0 saturated carbocycles. The number of halogens is 4. The smallest absolute Gasteiger partial charge is 0.289 e. The van der Waals surface area contributed by atoms with E-state index in [2.05, 4.69) is 5.32 Å². The first kappa shape index (κ1) is 26.4. The van der Waals surface area contributed by atoms with Gasteiger partial charge in [0.15, 0.2) is 5.83 Å². The van der Waals surface area contributed by atoms with Crippen molar-refractivity contribution in [3.8, 4) is 0 Å². The number of aliphatic hydroxyl groups is 1. The van der Waals surface area contributed by atoms with Gasteiger partial charge in [-0.25, -0.2) is 17.6 Å². The molecular weight excluding hydrogens is 482 g/mol. The fourth-order valence-corrected chi connectivity index (χ4v) is 4.50. The molecule has 3 aromatic rings. The predicted molar refractivity (Wildman–Crippen MR) is 136 cm³/mol. The third-order valence-corrected chi connectivity index (χ3v) is 6.37. The van der Waals surface area contributed by atoms with Crippen molar-refractivity contribution in [2.24, 2.45) is 0 Å². The van der Waals surface area contributed by atoms with E-state index in [1.165, 1.54) is 36.4 Å². The van der Waals surface area contributed by atoms with Gasteiger partial charge in [-0.1, -0.05) is 60.7 Å². The molecule has 1 aliphatic carbocycles. The number of allylic oxidation sites excluding steroid dienone is 2. The number of aryl methyl sites for hydroxylation is 1. The normalized spacial score (nSPS) is 15.1. The van der Waals surface area contributed by atoms with E-state index in [0.29, 0.717) is 16.7 Å². The molecular formula is C30H27F4NO2. The fourth-order valence-electron chi connectivity index (χ4n) is 4.50. The van der Waals surface area contributed by atoms with Gasteiger partial charge in [-0.3, -0.25) is 4.79 Å². The number of alkyl halides is 2. The number of nitrogens with one attached hydrogen (secondary N) is 1. The molecule has 192 valence electrons. The average molecular weight is 510 g/mol. The van der Waals surface area contributed by atoms with Crippen LogP contribution in [0.2, 0.25) is 0 Å². The molecule has 0 heterocycles. The van der Waals surface area contributed by atoms with E-state index in [1.807, 2.05) is 24.3 Å². The van der Waals surface area contributed by atoms with Crippen LogP contribution in [0.5, 0.6) is 0 Å². The van der Waals surface area contributed by atoms with Crippen LogP contribution in [0, 0.1) is 5.82 Å². The van der Waals surface area contributed by atoms with Crippen LogP contribution >= 0.6 is 0 Å². The summed E-state index contributed by atoms with van der Waals surface area (Å²) in [4.78, 5) is 13.4. The summed E-state index contributed by atoms with van der Waals surface area (Å²) in [5, 5.41) is 14.1. The van der Waals surface area contributed by atoms with Gasteiger partial charge in [0.05, 0.1) is 12.1 Å². The second kappa shape index (κ2) is 12.0. The zero-order valence-corrected chi connectivity index (χ0v) is 20.0. The van der Waals surface area contributed by atoms with Gasteiger partial charge in [0.25, 0.3) is 12.3 Å². The molecule has 0 bridgehead atoms. The van der Waals surface area contributed by atoms with Gasteiger partial charge in [0, 0.05) is 5.56 Å². The molecule has 0 aliphatic heterocycles. The van der Waals surface area contributed by atoms with Crippen molar-refractivity contribution in [2.45, 2.75) is 44.3 Å². The van der Waals surface area contributed by atoms with Crippen molar-refractivity contribution in [2.75, 3.05) is 0 Å². The first-order chi connectivity index (χ1) is 17.8. The highest BCUT2D eigenvalue weighted by Gasteiger charge is 2.25. The quantitative estimate of drug-likeness (QED) is 0.327. The van der Waals surface area contributed by atoms with Crippen molar-refractivity contribution in [1.82, 2.24) is 5.32 Å². The lowest BCUT2D eigenvalue weighted by atomic mass is 9.94. The zero-order valence-electron chi connectivity index (χ0n) is 20.0. The fraction of sp³-hybridized carbons (Fsp3) is 0.233. The number of aliphatic hydroxyl groups excluding tert-OH is 1. The third-order valence-electron chi connectivity index (χ3n) is 6.37. The van der Waals surface area contributed by atoms with Crippen LogP contribution in [-0.2, 0) is 12.8 Å². The Morgan fingerprint density at radius 3 is 2.57 bits per heavy atom. The molecule has 0 aromatic heterocycles. The van der Waals surface area contributed by atoms with Crippen LogP contribution in [-0.4, -0.2) is 23.5 Å². The molecule has 0 radical (unpaired) electrons.